The maximum Gasteiger partial charge on any atom is 0.324 e. The molecular weight excluding hydrogens is 222 g/mol. The van der Waals surface area contributed by atoms with Gasteiger partial charge in [0.25, 0.3) is 0 Å². The van der Waals surface area contributed by atoms with Crippen LogP contribution in [0.4, 0.5) is 4.79 Å². The normalized spacial score (nSPS) is 25.5. The summed E-state index contributed by atoms with van der Waals surface area (Å²) < 4.78 is 0. The molecule has 0 saturated carbocycles. The fourth-order valence-corrected chi connectivity index (χ4v) is 2.03. The molecule has 2 fully saturated rings. The molecule has 7 nitrogen and oxygen atoms in total. The molecule has 2 saturated heterocycles. The minimum absolute atomic E-state index is 0.132. The third-order valence-corrected chi connectivity index (χ3v) is 3.00. The Morgan fingerprint density at radius 1 is 1.47 bits per heavy atom. The number of carbonyl (C=O) groups is 2. The molecule has 7 heteroatoms. The summed E-state index contributed by atoms with van der Waals surface area (Å²) >= 11 is 0. The van der Waals surface area contributed by atoms with E-state index in [-0.39, 0.29) is 24.5 Å². The standard InChI is InChI=1S/C10H15N5O2/c11-5-8-6-12-1-3-14(8)7-9(16)15-4-2-13-10(15)17/h8,12H,1-4,6-7H2,(H,13,17). The molecular formula is C10H15N5O2. The van der Waals surface area contributed by atoms with Gasteiger partial charge >= 0.3 is 6.03 Å². The minimum atomic E-state index is -0.335. The van der Waals surface area contributed by atoms with E-state index in [2.05, 4.69) is 16.7 Å². The summed E-state index contributed by atoms with van der Waals surface area (Å²) in [6.45, 7) is 3.04. The number of hydrogen-bond donors (Lipinski definition) is 2. The molecule has 2 aliphatic heterocycles. The lowest BCUT2D eigenvalue weighted by molar-refractivity contribution is -0.129. The zero-order valence-corrected chi connectivity index (χ0v) is 9.48. The molecule has 0 aromatic rings. The second-order valence-electron chi connectivity index (χ2n) is 4.10. The molecule has 1 atom stereocenters. The Morgan fingerprint density at radius 3 is 2.94 bits per heavy atom. The van der Waals surface area contributed by atoms with E-state index in [0.29, 0.717) is 26.2 Å². The van der Waals surface area contributed by atoms with Gasteiger partial charge in [0.1, 0.15) is 6.04 Å². The summed E-state index contributed by atoms with van der Waals surface area (Å²) in [4.78, 5) is 26.2. The highest BCUT2D eigenvalue weighted by Gasteiger charge is 2.30. The molecule has 2 rings (SSSR count). The number of nitrogens with one attached hydrogen (secondary N) is 2. The summed E-state index contributed by atoms with van der Waals surface area (Å²) in [5.41, 5.74) is 0. The van der Waals surface area contributed by atoms with Gasteiger partial charge in [-0.3, -0.25) is 14.6 Å². The van der Waals surface area contributed by atoms with E-state index in [9.17, 15) is 9.59 Å². The second kappa shape index (κ2) is 5.12. The molecule has 2 aliphatic rings. The van der Waals surface area contributed by atoms with Crippen LogP contribution >= 0.6 is 0 Å². The second-order valence-corrected chi connectivity index (χ2v) is 4.10. The average molecular weight is 237 g/mol. The zero-order chi connectivity index (χ0) is 12.3. The molecule has 17 heavy (non-hydrogen) atoms. The summed E-state index contributed by atoms with van der Waals surface area (Å²) in [7, 11) is 0. The predicted molar refractivity (Wildman–Crippen MR) is 59.0 cm³/mol. The number of carbonyl (C=O) groups excluding carboxylic acids is 2. The third-order valence-electron chi connectivity index (χ3n) is 3.00. The molecule has 3 amide bonds. The molecule has 0 bridgehead atoms. The van der Waals surface area contributed by atoms with Crippen LogP contribution in [-0.2, 0) is 4.79 Å². The van der Waals surface area contributed by atoms with Crippen molar-refractivity contribution in [3.05, 3.63) is 0 Å². The van der Waals surface area contributed by atoms with Crippen LogP contribution in [0.2, 0.25) is 0 Å². The first-order valence-corrected chi connectivity index (χ1v) is 5.65. The van der Waals surface area contributed by atoms with Crippen LogP contribution in [0.1, 0.15) is 0 Å². The van der Waals surface area contributed by atoms with Crippen LogP contribution in [0.15, 0.2) is 0 Å². The molecule has 1 unspecified atom stereocenters. The predicted octanol–water partition coefficient (Wildman–Crippen LogP) is -1.66. The fourth-order valence-electron chi connectivity index (χ4n) is 2.03. The van der Waals surface area contributed by atoms with Crippen molar-refractivity contribution in [1.29, 1.82) is 5.26 Å². The van der Waals surface area contributed by atoms with Gasteiger partial charge in [-0.15, -0.1) is 0 Å². The van der Waals surface area contributed by atoms with E-state index in [0.717, 1.165) is 6.54 Å². The van der Waals surface area contributed by atoms with Crippen molar-refractivity contribution in [3.63, 3.8) is 0 Å². The van der Waals surface area contributed by atoms with Gasteiger partial charge in [0.05, 0.1) is 12.6 Å². The fraction of sp³-hybridized carbons (Fsp3) is 0.700. The number of nitrogens with zero attached hydrogens (tertiary/aromatic N) is 3. The molecule has 0 radical (unpaired) electrons. The average Bonchev–Trinajstić information content (AvgIpc) is 2.76. The van der Waals surface area contributed by atoms with Crippen molar-refractivity contribution in [2.75, 3.05) is 39.3 Å². The van der Waals surface area contributed by atoms with Crippen LogP contribution in [0.5, 0.6) is 0 Å². The molecule has 0 spiro atoms. The Balaban J connectivity index is 1.93. The highest BCUT2D eigenvalue weighted by Crippen LogP contribution is 2.05. The van der Waals surface area contributed by atoms with Crippen molar-refractivity contribution >= 4 is 11.9 Å². The van der Waals surface area contributed by atoms with Crippen LogP contribution in [0.3, 0.4) is 0 Å². The molecule has 0 aliphatic carbocycles. The van der Waals surface area contributed by atoms with E-state index in [1.807, 2.05) is 4.90 Å². The number of imide groups is 1. The highest BCUT2D eigenvalue weighted by atomic mass is 16.2. The number of rotatable bonds is 2. The molecule has 0 aromatic heterocycles. The first-order valence-electron chi connectivity index (χ1n) is 5.65. The van der Waals surface area contributed by atoms with Gasteiger partial charge in [-0.05, 0) is 0 Å². The van der Waals surface area contributed by atoms with Gasteiger partial charge < -0.3 is 10.6 Å². The Kier molecular flexibility index (Phi) is 3.56. The lowest BCUT2D eigenvalue weighted by atomic mass is 10.2. The van der Waals surface area contributed by atoms with Gasteiger partial charge in [0, 0.05) is 32.7 Å². The van der Waals surface area contributed by atoms with E-state index in [1.165, 1.54) is 4.90 Å². The number of urea groups is 1. The first kappa shape index (κ1) is 11.8. The lowest BCUT2D eigenvalue weighted by Gasteiger charge is -2.31. The lowest BCUT2D eigenvalue weighted by Crippen LogP contribution is -2.54. The largest absolute Gasteiger partial charge is 0.336 e. The maximum atomic E-state index is 11.9. The molecule has 2 N–H and O–H groups in total. The van der Waals surface area contributed by atoms with E-state index in [4.69, 9.17) is 5.26 Å². The Bertz CT molecular complexity index is 364. The zero-order valence-electron chi connectivity index (χ0n) is 9.48. The Hall–Kier alpha value is -1.65. The van der Waals surface area contributed by atoms with Crippen molar-refractivity contribution < 1.29 is 9.59 Å². The highest BCUT2D eigenvalue weighted by molar-refractivity contribution is 5.96. The minimum Gasteiger partial charge on any atom is -0.336 e. The van der Waals surface area contributed by atoms with Crippen molar-refractivity contribution in [1.82, 2.24) is 20.4 Å². The van der Waals surface area contributed by atoms with Gasteiger partial charge in [0.15, 0.2) is 0 Å². The Labute approximate surface area is 99.3 Å². The Morgan fingerprint density at radius 2 is 2.29 bits per heavy atom. The molecule has 0 aromatic carbocycles. The molecule has 2 heterocycles. The van der Waals surface area contributed by atoms with Crippen molar-refractivity contribution in [2.24, 2.45) is 0 Å². The third kappa shape index (κ3) is 2.54. The van der Waals surface area contributed by atoms with Crippen molar-refractivity contribution in [3.8, 4) is 6.07 Å². The number of amides is 3. The smallest absolute Gasteiger partial charge is 0.324 e. The van der Waals surface area contributed by atoms with Crippen molar-refractivity contribution in [2.45, 2.75) is 6.04 Å². The van der Waals surface area contributed by atoms with Gasteiger partial charge in [-0.2, -0.15) is 5.26 Å². The van der Waals surface area contributed by atoms with Gasteiger partial charge in [-0.1, -0.05) is 0 Å². The first-order chi connectivity index (χ1) is 8.22. The summed E-state index contributed by atoms with van der Waals surface area (Å²) in [5, 5.41) is 14.6. The van der Waals surface area contributed by atoms with Crippen LogP contribution < -0.4 is 10.6 Å². The summed E-state index contributed by atoms with van der Waals surface area (Å²) in [5.74, 6) is -0.234. The SMILES string of the molecule is N#CC1CNCCN1CC(=O)N1CCNC1=O. The number of nitriles is 1. The van der Waals surface area contributed by atoms with Crippen LogP contribution in [-0.4, -0.2) is 67.0 Å². The van der Waals surface area contributed by atoms with Crippen LogP contribution in [0.25, 0.3) is 0 Å². The topological polar surface area (TPSA) is 88.5 Å². The quantitative estimate of drug-likeness (QED) is 0.600. The number of hydrogen-bond acceptors (Lipinski definition) is 5. The van der Waals surface area contributed by atoms with E-state index in [1.54, 1.807) is 0 Å². The molecule has 92 valence electrons. The number of piperazine rings is 1. The van der Waals surface area contributed by atoms with Gasteiger partial charge in [0.2, 0.25) is 5.91 Å². The summed E-state index contributed by atoms with van der Waals surface area (Å²) in [6, 6.07) is 1.53. The van der Waals surface area contributed by atoms with E-state index < -0.39 is 0 Å². The van der Waals surface area contributed by atoms with E-state index >= 15 is 0 Å². The van der Waals surface area contributed by atoms with Crippen LogP contribution in [0, 0.1) is 11.3 Å². The summed E-state index contributed by atoms with van der Waals surface area (Å²) in [6.07, 6.45) is 0. The maximum absolute atomic E-state index is 11.9. The van der Waals surface area contributed by atoms with Gasteiger partial charge in [-0.25, -0.2) is 4.79 Å². The monoisotopic (exact) mass is 237 g/mol.